The monoisotopic (exact) mass is 444 g/mol. The van der Waals surface area contributed by atoms with Crippen molar-refractivity contribution in [2.24, 2.45) is 0 Å². The number of nitrogens with zero attached hydrogens (tertiary/aromatic N) is 3. The summed E-state index contributed by atoms with van der Waals surface area (Å²) >= 11 is 0. The van der Waals surface area contributed by atoms with Crippen molar-refractivity contribution in [1.82, 2.24) is 19.2 Å². The van der Waals surface area contributed by atoms with Crippen molar-refractivity contribution >= 4 is 15.9 Å². The maximum absolute atomic E-state index is 13.3. The van der Waals surface area contributed by atoms with Gasteiger partial charge in [0.05, 0.1) is 23.1 Å². The Balaban J connectivity index is 1.66. The van der Waals surface area contributed by atoms with E-state index in [1.165, 1.54) is 4.31 Å². The second kappa shape index (κ2) is 8.55. The number of H-pyrrole nitrogens is 1. The number of sulfonamides is 1. The average molecular weight is 445 g/mol. The molecule has 2 aliphatic rings. The summed E-state index contributed by atoms with van der Waals surface area (Å²) in [7, 11) is -3.37. The summed E-state index contributed by atoms with van der Waals surface area (Å²) in [5.74, 6) is 0.449. The second-order valence-electron chi connectivity index (χ2n) is 8.19. The SMILES string of the molecule is CCS(=O)(=O)N1CCc2nc([C@@H]3CCCCN3C(=O)c3ccccc3C)[nH]c(=O)c2C1. The van der Waals surface area contributed by atoms with E-state index in [-0.39, 0.29) is 29.8 Å². The van der Waals surface area contributed by atoms with Gasteiger partial charge >= 0.3 is 0 Å². The molecule has 2 aliphatic heterocycles. The van der Waals surface area contributed by atoms with Gasteiger partial charge in [0.2, 0.25) is 10.0 Å². The number of fused-ring (bicyclic) bond motifs is 1. The molecule has 1 N–H and O–H groups in total. The zero-order valence-electron chi connectivity index (χ0n) is 17.9. The summed E-state index contributed by atoms with van der Waals surface area (Å²) in [5.41, 5.74) is 2.30. The number of aromatic amines is 1. The first-order chi connectivity index (χ1) is 14.8. The molecule has 9 heteroatoms. The van der Waals surface area contributed by atoms with E-state index in [4.69, 9.17) is 4.98 Å². The molecule has 1 fully saturated rings. The quantitative estimate of drug-likeness (QED) is 0.778. The van der Waals surface area contributed by atoms with Crippen LogP contribution >= 0.6 is 0 Å². The van der Waals surface area contributed by atoms with E-state index in [0.29, 0.717) is 42.2 Å². The largest absolute Gasteiger partial charge is 0.328 e. The molecule has 8 nitrogen and oxygen atoms in total. The molecule has 3 heterocycles. The molecule has 0 aliphatic carbocycles. The lowest BCUT2D eigenvalue weighted by Crippen LogP contribution is -2.43. The highest BCUT2D eigenvalue weighted by atomic mass is 32.2. The Bertz CT molecular complexity index is 1160. The summed E-state index contributed by atoms with van der Waals surface area (Å²) in [6, 6.07) is 7.21. The number of aryl methyl sites for hydroxylation is 1. The molecular weight excluding hydrogens is 416 g/mol. The molecule has 4 rings (SSSR count). The van der Waals surface area contributed by atoms with Crippen LogP contribution in [-0.2, 0) is 23.0 Å². The van der Waals surface area contributed by atoms with Crippen LogP contribution < -0.4 is 5.56 Å². The Morgan fingerprint density at radius 1 is 1.23 bits per heavy atom. The van der Waals surface area contributed by atoms with Crippen LogP contribution in [0, 0.1) is 6.92 Å². The number of rotatable bonds is 4. The first-order valence-electron chi connectivity index (χ1n) is 10.8. The molecule has 31 heavy (non-hydrogen) atoms. The second-order valence-corrected chi connectivity index (χ2v) is 10.4. The van der Waals surface area contributed by atoms with E-state index in [0.717, 1.165) is 24.8 Å². The Morgan fingerprint density at radius 2 is 2.00 bits per heavy atom. The molecule has 0 spiro atoms. The average Bonchev–Trinajstić information content (AvgIpc) is 2.78. The number of nitrogens with one attached hydrogen (secondary N) is 1. The highest BCUT2D eigenvalue weighted by molar-refractivity contribution is 7.89. The van der Waals surface area contributed by atoms with E-state index >= 15 is 0 Å². The Labute approximate surface area is 182 Å². The molecule has 0 unspecified atom stereocenters. The van der Waals surface area contributed by atoms with Crippen molar-refractivity contribution in [3.05, 3.63) is 62.8 Å². The van der Waals surface area contributed by atoms with E-state index in [9.17, 15) is 18.0 Å². The molecular formula is C22H28N4O4S. The summed E-state index contributed by atoms with van der Waals surface area (Å²) in [4.78, 5) is 35.6. The number of hydrogen-bond acceptors (Lipinski definition) is 5. The maximum Gasteiger partial charge on any atom is 0.255 e. The number of benzene rings is 1. The van der Waals surface area contributed by atoms with Crippen molar-refractivity contribution < 1.29 is 13.2 Å². The highest BCUT2D eigenvalue weighted by Gasteiger charge is 2.33. The van der Waals surface area contributed by atoms with Gasteiger partial charge in [0, 0.05) is 31.6 Å². The van der Waals surface area contributed by atoms with Gasteiger partial charge in [-0.3, -0.25) is 9.59 Å². The fourth-order valence-corrected chi connectivity index (χ4v) is 5.48. The Kier molecular flexibility index (Phi) is 5.98. The number of aromatic nitrogens is 2. The van der Waals surface area contributed by atoms with E-state index in [1.807, 2.05) is 36.1 Å². The predicted octanol–water partition coefficient (Wildman–Crippen LogP) is 2.15. The molecule has 0 radical (unpaired) electrons. The van der Waals surface area contributed by atoms with Gasteiger partial charge in [-0.1, -0.05) is 18.2 Å². The lowest BCUT2D eigenvalue weighted by atomic mass is 9.98. The van der Waals surface area contributed by atoms with Gasteiger partial charge in [-0.15, -0.1) is 0 Å². The number of amides is 1. The van der Waals surface area contributed by atoms with Gasteiger partial charge in [0.1, 0.15) is 5.82 Å². The minimum absolute atomic E-state index is 0.00377. The Morgan fingerprint density at radius 3 is 2.74 bits per heavy atom. The third-order valence-corrected chi connectivity index (χ3v) is 8.09. The Hall–Kier alpha value is -2.52. The molecule has 1 aromatic carbocycles. The highest BCUT2D eigenvalue weighted by Crippen LogP contribution is 2.31. The van der Waals surface area contributed by atoms with Crippen LogP contribution in [0.25, 0.3) is 0 Å². The van der Waals surface area contributed by atoms with Crippen LogP contribution in [0.5, 0.6) is 0 Å². The summed E-state index contributed by atoms with van der Waals surface area (Å²) in [5, 5.41) is 0. The number of hydrogen-bond donors (Lipinski definition) is 1. The predicted molar refractivity (Wildman–Crippen MR) is 117 cm³/mol. The van der Waals surface area contributed by atoms with Gasteiger partial charge in [0.25, 0.3) is 11.5 Å². The van der Waals surface area contributed by atoms with Crippen molar-refractivity contribution in [3.63, 3.8) is 0 Å². The maximum atomic E-state index is 13.3. The standard InChI is InChI=1S/C22H28N4O4S/c1-3-31(29,30)25-13-11-18-17(14-25)21(27)24-20(23-18)19-10-6-7-12-26(19)22(28)16-9-5-4-8-15(16)2/h4-5,8-9,19H,3,6-7,10-14H2,1-2H3,(H,23,24,27)/t19-/m0/s1. The fraction of sp³-hybridized carbons (Fsp3) is 0.500. The first-order valence-corrected chi connectivity index (χ1v) is 12.4. The third-order valence-electron chi connectivity index (χ3n) is 6.26. The van der Waals surface area contributed by atoms with Crippen LogP contribution in [0.2, 0.25) is 0 Å². The normalized spacial score (nSPS) is 19.8. The number of carbonyl (C=O) groups excluding carboxylic acids is 1. The minimum Gasteiger partial charge on any atom is -0.328 e. The number of piperidine rings is 1. The van der Waals surface area contributed by atoms with Crippen molar-refractivity contribution in [2.45, 2.75) is 52.1 Å². The molecule has 1 amide bonds. The smallest absolute Gasteiger partial charge is 0.255 e. The molecule has 2 aromatic rings. The van der Waals surface area contributed by atoms with Gasteiger partial charge in [-0.2, -0.15) is 4.31 Å². The van der Waals surface area contributed by atoms with E-state index in [2.05, 4.69) is 4.98 Å². The topological polar surface area (TPSA) is 103 Å². The third kappa shape index (κ3) is 4.16. The summed E-state index contributed by atoms with van der Waals surface area (Å²) in [6.07, 6.45) is 2.98. The molecule has 0 saturated carbocycles. The molecule has 1 atom stereocenters. The molecule has 1 aromatic heterocycles. The van der Waals surface area contributed by atoms with Crippen molar-refractivity contribution in [3.8, 4) is 0 Å². The van der Waals surface area contributed by atoms with Crippen LogP contribution in [0.3, 0.4) is 0 Å². The van der Waals surface area contributed by atoms with Crippen molar-refractivity contribution in [1.29, 1.82) is 0 Å². The molecule has 166 valence electrons. The van der Waals surface area contributed by atoms with Crippen LogP contribution in [0.1, 0.15) is 65.2 Å². The van der Waals surface area contributed by atoms with Crippen LogP contribution in [0.15, 0.2) is 29.1 Å². The van der Waals surface area contributed by atoms with Crippen LogP contribution in [-0.4, -0.2) is 52.3 Å². The minimum atomic E-state index is -3.37. The zero-order valence-corrected chi connectivity index (χ0v) is 18.7. The first kappa shape index (κ1) is 21.7. The van der Waals surface area contributed by atoms with E-state index in [1.54, 1.807) is 6.92 Å². The molecule has 1 saturated heterocycles. The van der Waals surface area contributed by atoms with Crippen LogP contribution in [0.4, 0.5) is 0 Å². The van der Waals surface area contributed by atoms with E-state index < -0.39 is 10.0 Å². The fourth-order valence-electron chi connectivity index (χ4n) is 4.42. The van der Waals surface area contributed by atoms with Gasteiger partial charge in [0.15, 0.2) is 0 Å². The number of likely N-dealkylation sites (tertiary alicyclic amines) is 1. The van der Waals surface area contributed by atoms with Gasteiger partial charge in [-0.25, -0.2) is 13.4 Å². The summed E-state index contributed by atoms with van der Waals surface area (Å²) in [6.45, 7) is 4.49. The lowest BCUT2D eigenvalue weighted by molar-refractivity contribution is 0.0598. The van der Waals surface area contributed by atoms with Gasteiger partial charge in [-0.05, 0) is 44.7 Å². The number of carbonyl (C=O) groups is 1. The van der Waals surface area contributed by atoms with Gasteiger partial charge < -0.3 is 9.88 Å². The summed E-state index contributed by atoms with van der Waals surface area (Å²) < 4.78 is 25.8. The lowest BCUT2D eigenvalue weighted by Gasteiger charge is -2.36. The molecule has 0 bridgehead atoms. The van der Waals surface area contributed by atoms with Crippen molar-refractivity contribution in [2.75, 3.05) is 18.8 Å². The zero-order chi connectivity index (χ0) is 22.2.